The maximum atomic E-state index is 11.6. The van der Waals surface area contributed by atoms with Gasteiger partial charge in [-0.05, 0) is 12.0 Å². The van der Waals surface area contributed by atoms with Crippen molar-refractivity contribution >= 4 is 11.9 Å². The SMILES string of the molecule is COc1ccc(C(=O)NCC(C)CC(=O)O)nn1. The summed E-state index contributed by atoms with van der Waals surface area (Å²) in [5.74, 6) is -1.09. The summed E-state index contributed by atoms with van der Waals surface area (Å²) in [5, 5.41) is 18.5. The summed E-state index contributed by atoms with van der Waals surface area (Å²) in [7, 11) is 1.46. The first kappa shape index (κ1) is 13.9. The van der Waals surface area contributed by atoms with Gasteiger partial charge in [0.05, 0.1) is 7.11 Å². The topological polar surface area (TPSA) is 101 Å². The maximum Gasteiger partial charge on any atom is 0.303 e. The Bertz CT molecular complexity index is 419. The highest BCUT2D eigenvalue weighted by molar-refractivity contribution is 5.92. The van der Waals surface area contributed by atoms with E-state index in [0.717, 1.165) is 0 Å². The number of hydrogen-bond acceptors (Lipinski definition) is 5. The van der Waals surface area contributed by atoms with Crippen LogP contribution in [-0.4, -0.2) is 40.8 Å². The molecule has 2 N–H and O–H groups in total. The average Bonchev–Trinajstić information content (AvgIpc) is 2.35. The molecule has 0 aliphatic rings. The Morgan fingerprint density at radius 2 is 2.17 bits per heavy atom. The predicted molar refractivity (Wildman–Crippen MR) is 62.3 cm³/mol. The summed E-state index contributed by atoms with van der Waals surface area (Å²) >= 11 is 0. The summed E-state index contributed by atoms with van der Waals surface area (Å²) in [6.45, 7) is 2.02. The molecule has 0 fully saturated rings. The van der Waals surface area contributed by atoms with Crippen LogP contribution in [0.2, 0.25) is 0 Å². The van der Waals surface area contributed by atoms with Gasteiger partial charge in [-0.2, -0.15) is 0 Å². The highest BCUT2D eigenvalue weighted by atomic mass is 16.5. The molecule has 0 aromatic carbocycles. The zero-order chi connectivity index (χ0) is 13.5. The maximum absolute atomic E-state index is 11.6. The average molecular weight is 253 g/mol. The number of amides is 1. The molecule has 0 aliphatic heterocycles. The van der Waals surface area contributed by atoms with Crippen LogP contribution in [0.5, 0.6) is 5.88 Å². The molecule has 18 heavy (non-hydrogen) atoms. The first-order valence-electron chi connectivity index (χ1n) is 5.40. The Kier molecular flexibility index (Phi) is 5.04. The van der Waals surface area contributed by atoms with Crippen LogP contribution in [0.3, 0.4) is 0 Å². The highest BCUT2D eigenvalue weighted by Crippen LogP contribution is 2.04. The molecule has 0 aliphatic carbocycles. The molecule has 1 aromatic heterocycles. The molecule has 98 valence electrons. The number of carbonyl (C=O) groups is 2. The normalized spacial score (nSPS) is 11.7. The number of ether oxygens (including phenoxy) is 1. The van der Waals surface area contributed by atoms with Gasteiger partial charge in [0.1, 0.15) is 0 Å². The van der Waals surface area contributed by atoms with Crippen molar-refractivity contribution < 1.29 is 19.4 Å². The number of aromatic nitrogens is 2. The van der Waals surface area contributed by atoms with Gasteiger partial charge in [-0.15, -0.1) is 10.2 Å². The Balaban J connectivity index is 2.47. The molecule has 0 radical (unpaired) electrons. The van der Waals surface area contributed by atoms with Crippen LogP contribution in [0.1, 0.15) is 23.8 Å². The Morgan fingerprint density at radius 3 is 2.67 bits per heavy atom. The van der Waals surface area contributed by atoms with Crippen molar-refractivity contribution in [3.8, 4) is 5.88 Å². The summed E-state index contributed by atoms with van der Waals surface area (Å²) in [6.07, 6.45) is 0.00850. The van der Waals surface area contributed by atoms with Gasteiger partial charge in [-0.3, -0.25) is 9.59 Å². The van der Waals surface area contributed by atoms with E-state index in [2.05, 4.69) is 15.5 Å². The van der Waals surface area contributed by atoms with Crippen LogP contribution < -0.4 is 10.1 Å². The smallest absolute Gasteiger partial charge is 0.303 e. The largest absolute Gasteiger partial charge is 0.481 e. The van der Waals surface area contributed by atoms with Crippen LogP contribution in [-0.2, 0) is 4.79 Å². The number of nitrogens with one attached hydrogen (secondary N) is 1. The third kappa shape index (κ3) is 4.36. The summed E-state index contributed by atoms with van der Waals surface area (Å²) in [6, 6.07) is 3.02. The Hall–Kier alpha value is -2.18. The lowest BCUT2D eigenvalue weighted by Gasteiger charge is -2.09. The molecule has 7 nitrogen and oxygen atoms in total. The van der Waals surface area contributed by atoms with Gasteiger partial charge in [0.15, 0.2) is 5.69 Å². The fourth-order valence-electron chi connectivity index (χ4n) is 1.28. The first-order chi connectivity index (χ1) is 8.52. The number of hydrogen-bond donors (Lipinski definition) is 2. The molecule has 1 aromatic rings. The van der Waals surface area contributed by atoms with E-state index >= 15 is 0 Å². The minimum Gasteiger partial charge on any atom is -0.481 e. The molecule has 1 heterocycles. The number of carboxylic acids is 1. The highest BCUT2D eigenvalue weighted by Gasteiger charge is 2.12. The van der Waals surface area contributed by atoms with Crippen LogP contribution in [0.4, 0.5) is 0 Å². The molecule has 7 heteroatoms. The second kappa shape index (κ2) is 6.53. The third-order valence-electron chi connectivity index (χ3n) is 2.22. The molecular weight excluding hydrogens is 238 g/mol. The minimum atomic E-state index is -0.888. The number of aliphatic carboxylic acids is 1. The lowest BCUT2D eigenvalue weighted by atomic mass is 10.1. The van der Waals surface area contributed by atoms with E-state index in [1.54, 1.807) is 6.92 Å². The van der Waals surface area contributed by atoms with Gasteiger partial charge in [0.25, 0.3) is 5.91 Å². The number of rotatable bonds is 6. The second-order valence-electron chi connectivity index (χ2n) is 3.87. The van der Waals surface area contributed by atoms with Crippen molar-refractivity contribution in [3.63, 3.8) is 0 Å². The third-order valence-corrected chi connectivity index (χ3v) is 2.22. The van der Waals surface area contributed by atoms with Crippen molar-refractivity contribution in [3.05, 3.63) is 17.8 Å². The number of methoxy groups -OCH3 is 1. The lowest BCUT2D eigenvalue weighted by Crippen LogP contribution is -2.30. The van der Waals surface area contributed by atoms with Crippen molar-refractivity contribution in [2.75, 3.05) is 13.7 Å². The number of carboxylic acid groups (broad SMARTS) is 1. The van der Waals surface area contributed by atoms with Gasteiger partial charge >= 0.3 is 5.97 Å². The quantitative estimate of drug-likeness (QED) is 0.757. The fraction of sp³-hybridized carbons (Fsp3) is 0.455. The monoisotopic (exact) mass is 253 g/mol. The summed E-state index contributed by atoms with van der Waals surface area (Å²) in [5.41, 5.74) is 0.165. The fourth-order valence-corrected chi connectivity index (χ4v) is 1.28. The van der Waals surface area contributed by atoms with Gasteiger partial charge in [0.2, 0.25) is 5.88 Å². The van der Waals surface area contributed by atoms with E-state index in [1.807, 2.05) is 0 Å². The van der Waals surface area contributed by atoms with Crippen molar-refractivity contribution in [1.82, 2.24) is 15.5 Å². The van der Waals surface area contributed by atoms with Crippen LogP contribution in [0.15, 0.2) is 12.1 Å². The van der Waals surface area contributed by atoms with E-state index in [0.29, 0.717) is 5.88 Å². The molecule has 0 bridgehead atoms. The van der Waals surface area contributed by atoms with E-state index in [1.165, 1.54) is 19.2 Å². The molecule has 0 spiro atoms. The molecular formula is C11H15N3O4. The van der Waals surface area contributed by atoms with E-state index < -0.39 is 5.97 Å². The summed E-state index contributed by atoms with van der Waals surface area (Å²) < 4.78 is 4.82. The number of nitrogens with zero attached hydrogens (tertiary/aromatic N) is 2. The van der Waals surface area contributed by atoms with E-state index in [-0.39, 0.29) is 30.5 Å². The van der Waals surface area contributed by atoms with Gasteiger partial charge in [-0.25, -0.2) is 0 Å². The first-order valence-corrected chi connectivity index (χ1v) is 5.40. The van der Waals surface area contributed by atoms with E-state index in [9.17, 15) is 9.59 Å². The van der Waals surface area contributed by atoms with Gasteiger partial charge in [0, 0.05) is 19.0 Å². The second-order valence-corrected chi connectivity index (χ2v) is 3.87. The van der Waals surface area contributed by atoms with Crippen molar-refractivity contribution in [2.45, 2.75) is 13.3 Å². The van der Waals surface area contributed by atoms with Crippen LogP contribution in [0, 0.1) is 5.92 Å². The Morgan fingerprint density at radius 1 is 1.44 bits per heavy atom. The van der Waals surface area contributed by atoms with Crippen molar-refractivity contribution in [1.29, 1.82) is 0 Å². The zero-order valence-corrected chi connectivity index (χ0v) is 10.2. The molecule has 1 unspecified atom stereocenters. The molecule has 1 atom stereocenters. The van der Waals surface area contributed by atoms with Gasteiger partial charge in [-0.1, -0.05) is 6.92 Å². The Labute approximate surface area is 104 Å². The molecule has 1 rings (SSSR count). The standard InChI is InChI=1S/C11H15N3O4/c1-7(5-10(15)16)6-12-11(17)8-3-4-9(18-2)14-13-8/h3-4,7H,5-6H2,1-2H3,(H,12,17)(H,15,16). The lowest BCUT2D eigenvalue weighted by molar-refractivity contribution is -0.137. The molecule has 0 saturated heterocycles. The summed E-state index contributed by atoms with van der Waals surface area (Å²) in [4.78, 5) is 22.1. The van der Waals surface area contributed by atoms with Gasteiger partial charge < -0.3 is 15.2 Å². The zero-order valence-electron chi connectivity index (χ0n) is 10.2. The number of carbonyl (C=O) groups excluding carboxylic acids is 1. The molecule has 0 saturated carbocycles. The predicted octanol–water partition coefficient (Wildman–Crippen LogP) is 0.326. The van der Waals surface area contributed by atoms with E-state index in [4.69, 9.17) is 9.84 Å². The van der Waals surface area contributed by atoms with Crippen LogP contribution in [0.25, 0.3) is 0 Å². The van der Waals surface area contributed by atoms with Crippen LogP contribution >= 0.6 is 0 Å². The molecule has 1 amide bonds. The van der Waals surface area contributed by atoms with Crippen molar-refractivity contribution in [2.24, 2.45) is 5.92 Å². The minimum absolute atomic E-state index is 0.00850.